The van der Waals surface area contributed by atoms with Gasteiger partial charge in [0, 0.05) is 41.3 Å². The lowest BCUT2D eigenvalue weighted by molar-refractivity contribution is 0.0975. The number of likely N-dealkylation sites (N-methyl/N-ethyl adjacent to an activating group) is 2. The molecular weight excluding hydrogens is 298 g/mol. The maximum Gasteiger partial charge on any atom is 0.409 e. The van der Waals surface area contributed by atoms with Gasteiger partial charge >= 0.3 is 12.2 Å². The minimum Gasteiger partial charge on any atom is -0.453 e. The zero-order valence-electron chi connectivity index (χ0n) is 13.5. The molecule has 1 aromatic carbocycles. The molecule has 0 aromatic heterocycles. The first-order valence-electron chi connectivity index (χ1n) is 6.91. The zero-order chi connectivity index (χ0) is 16.5. The number of ether oxygens (including phenoxy) is 2. The molecule has 0 aliphatic rings. The maximum absolute atomic E-state index is 11.8. The van der Waals surface area contributed by atoms with Crippen molar-refractivity contribution in [2.75, 3.05) is 46.7 Å². The topological polar surface area (TPSA) is 71.1 Å². The largest absolute Gasteiger partial charge is 0.453 e. The normalized spacial score (nSPS) is 9.39. The molecule has 0 aliphatic heterocycles. The molecule has 0 atom stereocenters. The molecule has 0 unspecified atom stereocenters. The summed E-state index contributed by atoms with van der Waals surface area (Å²) in [6.07, 6.45) is -0.873. The third-order valence-electron chi connectivity index (χ3n) is 3.17. The van der Waals surface area contributed by atoms with Gasteiger partial charge in [0.15, 0.2) is 0 Å². The highest BCUT2D eigenvalue weighted by atomic mass is 16.6. The van der Waals surface area contributed by atoms with Gasteiger partial charge in [0.2, 0.25) is 0 Å². The van der Waals surface area contributed by atoms with Gasteiger partial charge < -0.3 is 24.6 Å². The number of carbonyl (C=O) groups excluding carboxylic acids is 2. The second-order valence-electron chi connectivity index (χ2n) is 4.81. The Balaban J connectivity index is 0. The quantitative estimate of drug-likeness (QED) is 0.870. The van der Waals surface area contributed by atoms with E-state index in [1.54, 1.807) is 14.1 Å². The lowest BCUT2D eigenvalue weighted by Gasteiger charge is -2.21. The Labute approximate surface area is 139 Å². The smallest absolute Gasteiger partial charge is 0.409 e. The molecular formula is C16H29N3O4. The van der Waals surface area contributed by atoms with Crippen LogP contribution >= 0.6 is 0 Å². The van der Waals surface area contributed by atoms with Crippen LogP contribution in [-0.2, 0) is 16.1 Å². The molecule has 0 bridgehead atoms. The van der Waals surface area contributed by atoms with Crippen LogP contribution in [0.3, 0.4) is 0 Å². The van der Waals surface area contributed by atoms with E-state index in [2.05, 4.69) is 10.1 Å². The molecule has 0 saturated heterocycles. The van der Waals surface area contributed by atoms with Crippen molar-refractivity contribution in [2.24, 2.45) is 0 Å². The van der Waals surface area contributed by atoms with E-state index < -0.39 is 12.2 Å². The van der Waals surface area contributed by atoms with E-state index in [-0.39, 0.29) is 15.5 Å². The van der Waals surface area contributed by atoms with Crippen LogP contribution in [0.25, 0.3) is 0 Å². The van der Waals surface area contributed by atoms with Crippen molar-refractivity contribution in [2.45, 2.75) is 14.0 Å². The van der Waals surface area contributed by atoms with Crippen molar-refractivity contribution in [1.82, 2.24) is 9.80 Å². The van der Waals surface area contributed by atoms with Crippen molar-refractivity contribution in [3.63, 3.8) is 0 Å². The third kappa shape index (κ3) is 6.90. The number of hydrogen-bond donors (Lipinski definition) is 1. The molecule has 0 fully saturated rings. The summed E-state index contributed by atoms with van der Waals surface area (Å²) in [5, 5.41) is 3.02. The molecule has 0 heterocycles. The predicted molar refractivity (Wildman–Crippen MR) is 92.7 cm³/mol. The first-order valence-corrected chi connectivity index (χ1v) is 6.91. The highest BCUT2D eigenvalue weighted by Gasteiger charge is 2.13. The Morgan fingerprint density at radius 1 is 1.09 bits per heavy atom. The van der Waals surface area contributed by atoms with Gasteiger partial charge in [0.25, 0.3) is 0 Å². The van der Waals surface area contributed by atoms with E-state index in [0.29, 0.717) is 13.1 Å². The summed E-state index contributed by atoms with van der Waals surface area (Å²) >= 11 is 0. The highest BCUT2D eigenvalue weighted by Crippen LogP contribution is 2.09. The Kier molecular flexibility index (Phi) is 9.22. The fourth-order valence-corrected chi connectivity index (χ4v) is 1.66. The van der Waals surface area contributed by atoms with Crippen molar-refractivity contribution >= 4 is 17.9 Å². The van der Waals surface area contributed by atoms with Crippen molar-refractivity contribution < 1.29 is 20.5 Å². The van der Waals surface area contributed by atoms with Crippen molar-refractivity contribution in [3.05, 3.63) is 29.8 Å². The summed E-state index contributed by atoms with van der Waals surface area (Å²) in [6.45, 7) is 0.943. The summed E-state index contributed by atoms with van der Waals surface area (Å²) in [5.74, 6) is 0. The second kappa shape index (κ2) is 10.3. The number of hydrogen-bond acceptors (Lipinski definition) is 5. The highest BCUT2D eigenvalue weighted by molar-refractivity contribution is 5.68. The molecule has 0 spiro atoms. The number of amides is 2. The van der Waals surface area contributed by atoms with Crippen LogP contribution in [0.4, 0.5) is 15.3 Å². The van der Waals surface area contributed by atoms with Gasteiger partial charge in [-0.2, -0.15) is 0 Å². The van der Waals surface area contributed by atoms with Crippen molar-refractivity contribution in [1.29, 1.82) is 0 Å². The van der Waals surface area contributed by atoms with Crippen LogP contribution in [0.5, 0.6) is 0 Å². The Hall–Kier alpha value is -2.44. The molecule has 0 saturated carbocycles. The van der Waals surface area contributed by atoms with Crippen LogP contribution in [-0.4, -0.2) is 63.3 Å². The molecule has 2 amide bonds. The third-order valence-corrected chi connectivity index (χ3v) is 3.17. The molecule has 1 aromatic rings. The minimum absolute atomic E-state index is 0. The predicted octanol–water partition coefficient (Wildman–Crippen LogP) is 2.88. The maximum atomic E-state index is 11.8. The van der Waals surface area contributed by atoms with Crippen LogP contribution in [0.1, 0.15) is 14.4 Å². The van der Waals surface area contributed by atoms with E-state index in [0.717, 1.165) is 11.3 Å². The first kappa shape index (κ1) is 20.6. The van der Waals surface area contributed by atoms with Crippen LogP contribution in [0.2, 0.25) is 0 Å². The standard InChI is InChI=1S/C15H23N3O4.CH4.H2/c1-16-13-7-5-12(6-8-13)11-22-15(20)18(3)10-9-17(2)14(19)21-4;;/h5-8,16H,9-11H2,1-4H3;1H4;1H. The summed E-state index contributed by atoms with van der Waals surface area (Å²) in [6, 6.07) is 7.62. The van der Waals surface area contributed by atoms with Gasteiger partial charge in [-0.1, -0.05) is 19.6 Å². The van der Waals surface area contributed by atoms with Gasteiger partial charge in [-0.15, -0.1) is 0 Å². The van der Waals surface area contributed by atoms with Crippen molar-refractivity contribution in [3.8, 4) is 0 Å². The number of rotatable bonds is 6. The molecule has 0 radical (unpaired) electrons. The van der Waals surface area contributed by atoms with Gasteiger partial charge in [-0.3, -0.25) is 0 Å². The van der Waals surface area contributed by atoms with Gasteiger partial charge in [-0.25, -0.2) is 9.59 Å². The number of nitrogens with zero attached hydrogens (tertiary/aromatic N) is 2. The number of benzene rings is 1. The Bertz CT molecular complexity index is 497. The average molecular weight is 327 g/mol. The molecule has 1 N–H and O–H groups in total. The molecule has 1 rings (SSSR count). The molecule has 7 nitrogen and oxygen atoms in total. The monoisotopic (exact) mass is 327 g/mol. The van der Waals surface area contributed by atoms with E-state index in [4.69, 9.17) is 4.74 Å². The van der Waals surface area contributed by atoms with Gasteiger partial charge in [-0.05, 0) is 17.7 Å². The minimum atomic E-state index is -0.439. The lowest BCUT2D eigenvalue weighted by Crippen LogP contribution is -2.37. The molecule has 7 heteroatoms. The fraction of sp³-hybridized carbons (Fsp3) is 0.500. The molecule has 0 aliphatic carbocycles. The summed E-state index contributed by atoms with van der Waals surface area (Å²) in [5.41, 5.74) is 1.91. The molecule has 132 valence electrons. The van der Waals surface area contributed by atoms with Gasteiger partial charge in [0.1, 0.15) is 6.61 Å². The van der Waals surface area contributed by atoms with Crippen LogP contribution < -0.4 is 5.32 Å². The summed E-state index contributed by atoms with van der Waals surface area (Å²) in [7, 11) is 6.39. The number of carbonyl (C=O) groups is 2. The van der Waals surface area contributed by atoms with E-state index in [9.17, 15) is 9.59 Å². The van der Waals surface area contributed by atoms with E-state index >= 15 is 0 Å². The lowest BCUT2D eigenvalue weighted by atomic mass is 10.2. The van der Waals surface area contributed by atoms with E-state index in [1.807, 2.05) is 31.3 Å². The number of nitrogens with one attached hydrogen (secondary N) is 1. The number of methoxy groups -OCH3 is 1. The fourth-order valence-electron chi connectivity index (χ4n) is 1.66. The summed E-state index contributed by atoms with van der Waals surface area (Å²) < 4.78 is 9.79. The van der Waals surface area contributed by atoms with Gasteiger partial charge in [0.05, 0.1) is 7.11 Å². The second-order valence-corrected chi connectivity index (χ2v) is 4.81. The zero-order valence-corrected chi connectivity index (χ0v) is 13.5. The first-order chi connectivity index (χ1) is 10.5. The van der Waals surface area contributed by atoms with Crippen LogP contribution in [0.15, 0.2) is 24.3 Å². The number of anilines is 1. The SMILES string of the molecule is C.CNc1ccc(COC(=O)N(C)CCN(C)C(=O)OC)cc1.[HH]. The average Bonchev–Trinajstić information content (AvgIpc) is 2.56. The van der Waals surface area contributed by atoms with Crippen LogP contribution in [0, 0.1) is 0 Å². The van der Waals surface area contributed by atoms with E-state index in [1.165, 1.54) is 16.9 Å². The Morgan fingerprint density at radius 2 is 1.61 bits per heavy atom. The summed E-state index contributed by atoms with van der Waals surface area (Å²) in [4.78, 5) is 25.9. The molecule has 23 heavy (non-hydrogen) atoms. The Morgan fingerprint density at radius 3 is 2.09 bits per heavy atom.